The van der Waals surface area contributed by atoms with E-state index in [-0.39, 0.29) is 5.56 Å². The van der Waals surface area contributed by atoms with Crippen LogP contribution in [0.4, 0.5) is 0 Å². The summed E-state index contributed by atoms with van der Waals surface area (Å²) in [4.78, 5) is 20.5. The van der Waals surface area contributed by atoms with Gasteiger partial charge in [0.15, 0.2) is 5.16 Å². The van der Waals surface area contributed by atoms with E-state index >= 15 is 0 Å². The van der Waals surface area contributed by atoms with Gasteiger partial charge in [-0.15, -0.1) is 11.3 Å². The fraction of sp³-hybridized carbons (Fsp3) is 0.368. The van der Waals surface area contributed by atoms with E-state index in [2.05, 4.69) is 12.1 Å². The molecule has 0 spiro atoms. The molecular formula is C19H21N3OS2. The van der Waals surface area contributed by atoms with Crippen LogP contribution >= 0.6 is 23.1 Å². The van der Waals surface area contributed by atoms with Crippen LogP contribution in [0.1, 0.15) is 28.8 Å². The maximum atomic E-state index is 13.3. The lowest BCUT2D eigenvalue weighted by Gasteiger charge is -2.13. The Hall–Kier alpha value is -1.63. The third-order valence-corrected chi connectivity index (χ3v) is 6.77. The van der Waals surface area contributed by atoms with E-state index in [1.807, 2.05) is 22.8 Å². The number of fused-ring (bicyclic) bond motifs is 3. The largest absolute Gasteiger partial charge is 0.330 e. The summed E-state index contributed by atoms with van der Waals surface area (Å²) in [6.07, 6.45) is 4.47. The molecule has 6 heteroatoms. The number of rotatable bonds is 5. The van der Waals surface area contributed by atoms with Gasteiger partial charge in [0, 0.05) is 17.2 Å². The molecule has 0 radical (unpaired) electrons. The molecule has 2 aromatic heterocycles. The van der Waals surface area contributed by atoms with Crippen LogP contribution in [0.25, 0.3) is 10.2 Å². The predicted molar refractivity (Wildman–Crippen MR) is 106 cm³/mol. The van der Waals surface area contributed by atoms with Crippen LogP contribution in [0, 0.1) is 0 Å². The SMILES string of the molecule is NCCSc1nc2sc3c(c2c(=O)n1Cc1ccccc1)CCCC3. The Morgan fingerprint density at radius 2 is 2.00 bits per heavy atom. The van der Waals surface area contributed by atoms with Crippen LogP contribution in [0.3, 0.4) is 0 Å². The molecule has 1 aromatic carbocycles. The second-order valence-corrected chi connectivity index (χ2v) is 8.45. The molecule has 2 heterocycles. The van der Waals surface area contributed by atoms with Gasteiger partial charge in [-0.2, -0.15) is 0 Å². The van der Waals surface area contributed by atoms with E-state index in [4.69, 9.17) is 10.7 Å². The van der Waals surface area contributed by atoms with Gasteiger partial charge >= 0.3 is 0 Å². The molecule has 4 nitrogen and oxygen atoms in total. The van der Waals surface area contributed by atoms with Crippen molar-refractivity contribution in [2.24, 2.45) is 5.73 Å². The highest BCUT2D eigenvalue weighted by Crippen LogP contribution is 2.34. The molecule has 0 bridgehead atoms. The second-order valence-electron chi connectivity index (χ2n) is 6.30. The number of thiophene rings is 1. The number of aryl methyl sites for hydroxylation is 2. The Morgan fingerprint density at radius 3 is 2.80 bits per heavy atom. The number of benzene rings is 1. The van der Waals surface area contributed by atoms with Crippen molar-refractivity contribution in [2.75, 3.05) is 12.3 Å². The molecule has 0 fully saturated rings. The van der Waals surface area contributed by atoms with Gasteiger partial charge < -0.3 is 5.73 Å². The normalized spacial score (nSPS) is 14.0. The maximum absolute atomic E-state index is 13.3. The monoisotopic (exact) mass is 371 g/mol. The molecule has 0 amide bonds. The molecule has 3 aromatic rings. The van der Waals surface area contributed by atoms with E-state index in [9.17, 15) is 4.79 Å². The lowest BCUT2D eigenvalue weighted by atomic mass is 9.97. The maximum Gasteiger partial charge on any atom is 0.263 e. The Balaban J connectivity index is 1.88. The van der Waals surface area contributed by atoms with Gasteiger partial charge in [-0.05, 0) is 36.8 Å². The minimum atomic E-state index is 0.104. The zero-order valence-corrected chi connectivity index (χ0v) is 15.7. The fourth-order valence-corrected chi connectivity index (χ4v) is 5.45. The minimum Gasteiger partial charge on any atom is -0.330 e. The van der Waals surface area contributed by atoms with Crippen LogP contribution < -0.4 is 11.3 Å². The van der Waals surface area contributed by atoms with E-state index in [1.54, 1.807) is 23.1 Å². The van der Waals surface area contributed by atoms with Gasteiger partial charge in [-0.1, -0.05) is 42.1 Å². The van der Waals surface area contributed by atoms with Crippen molar-refractivity contribution in [1.82, 2.24) is 9.55 Å². The number of thioether (sulfide) groups is 1. The Kier molecular flexibility index (Phi) is 4.92. The zero-order valence-electron chi connectivity index (χ0n) is 14.0. The first kappa shape index (κ1) is 16.8. The van der Waals surface area contributed by atoms with E-state index in [1.165, 1.54) is 23.3 Å². The minimum absolute atomic E-state index is 0.104. The number of nitrogens with zero attached hydrogens (tertiary/aromatic N) is 2. The highest BCUT2D eigenvalue weighted by atomic mass is 32.2. The van der Waals surface area contributed by atoms with Crippen molar-refractivity contribution < 1.29 is 0 Å². The summed E-state index contributed by atoms with van der Waals surface area (Å²) in [7, 11) is 0. The van der Waals surface area contributed by atoms with Crippen molar-refractivity contribution in [2.45, 2.75) is 37.4 Å². The molecule has 0 saturated heterocycles. The van der Waals surface area contributed by atoms with E-state index < -0.39 is 0 Å². The third kappa shape index (κ3) is 3.26. The quantitative estimate of drug-likeness (QED) is 0.551. The molecule has 1 aliphatic rings. The summed E-state index contributed by atoms with van der Waals surface area (Å²) in [5.41, 5.74) is 8.15. The lowest BCUT2D eigenvalue weighted by Crippen LogP contribution is -2.24. The molecular weight excluding hydrogens is 350 g/mol. The Morgan fingerprint density at radius 1 is 1.20 bits per heavy atom. The zero-order chi connectivity index (χ0) is 17.2. The molecule has 0 saturated carbocycles. The molecule has 2 N–H and O–H groups in total. The Labute approximate surface area is 155 Å². The van der Waals surface area contributed by atoms with Gasteiger partial charge in [0.05, 0.1) is 11.9 Å². The smallest absolute Gasteiger partial charge is 0.263 e. The van der Waals surface area contributed by atoms with E-state index in [0.717, 1.165) is 39.5 Å². The predicted octanol–water partition coefficient (Wildman–Crippen LogP) is 3.44. The summed E-state index contributed by atoms with van der Waals surface area (Å²) in [5.74, 6) is 0.762. The summed E-state index contributed by atoms with van der Waals surface area (Å²) in [6, 6.07) is 10.1. The molecule has 1 aliphatic carbocycles. The Bertz CT molecular complexity index is 947. The standard InChI is InChI=1S/C19H21N3OS2/c20-10-11-24-19-21-17-16(14-8-4-5-9-15(14)25-17)18(23)22(19)12-13-6-2-1-3-7-13/h1-3,6-7H,4-5,8-12,20H2. The van der Waals surface area contributed by atoms with Crippen molar-refractivity contribution in [3.05, 3.63) is 56.7 Å². The van der Waals surface area contributed by atoms with Gasteiger partial charge in [-0.3, -0.25) is 9.36 Å². The third-order valence-electron chi connectivity index (χ3n) is 4.57. The first-order valence-corrected chi connectivity index (χ1v) is 10.5. The molecule has 0 atom stereocenters. The van der Waals surface area contributed by atoms with Gasteiger partial charge in [0.1, 0.15) is 4.83 Å². The average molecular weight is 372 g/mol. The number of nitrogens with two attached hydrogens (primary N) is 1. The molecule has 0 aliphatic heterocycles. The molecule has 0 unspecified atom stereocenters. The lowest BCUT2D eigenvalue weighted by molar-refractivity contribution is 0.656. The van der Waals surface area contributed by atoms with Gasteiger partial charge in [0.2, 0.25) is 0 Å². The van der Waals surface area contributed by atoms with Crippen molar-refractivity contribution in [1.29, 1.82) is 0 Å². The second kappa shape index (κ2) is 7.32. The first-order chi connectivity index (χ1) is 12.3. The summed E-state index contributed by atoms with van der Waals surface area (Å²) in [6.45, 7) is 1.13. The topological polar surface area (TPSA) is 60.9 Å². The number of hydrogen-bond acceptors (Lipinski definition) is 5. The van der Waals surface area contributed by atoms with Gasteiger partial charge in [0.25, 0.3) is 5.56 Å². The average Bonchev–Trinajstić information content (AvgIpc) is 3.02. The van der Waals surface area contributed by atoms with Gasteiger partial charge in [-0.25, -0.2) is 4.98 Å². The molecule has 130 valence electrons. The highest BCUT2D eigenvalue weighted by molar-refractivity contribution is 7.99. The first-order valence-electron chi connectivity index (χ1n) is 8.70. The van der Waals surface area contributed by atoms with Crippen LogP contribution in [0.15, 0.2) is 40.3 Å². The number of hydrogen-bond donors (Lipinski definition) is 1. The summed E-state index contributed by atoms with van der Waals surface area (Å²) in [5, 5.41) is 1.64. The number of aromatic nitrogens is 2. The van der Waals surface area contributed by atoms with Crippen molar-refractivity contribution in [3.63, 3.8) is 0 Å². The molecule has 4 rings (SSSR count). The van der Waals surface area contributed by atoms with Crippen molar-refractivity contribution >= 4 is 33.3 Å². The van der Waals surface area contributed by atoms with Crippen molar-refractivity contribution in [3.8, 4) is 0 Å². The van der Waals surface area contributed by atoms with Crippen LogP contribution in [0.5, 0.6) is 0 Å². The van der Waals surface area contributed by atoms with Crippen LogP contribution in [-0.4, -0.2) is 21.8 Å². The van der Waals surface area contributed by atoms with Crippen LogP contribution in [-0.2, 0) is 19.4 Å². The highest BCUT2D eigenvalue weighted by Gasteiger charge is 2.22. The fourth-order valence-electron chi connectivity index (χ4n) is 3.39. The summed E-state index contributed by atoms with van der Waals surface area (Å²) >= 11 is 3.28. The van der Waals surface area contributed by atoms with E-state index in [0.29, 0.717) is 13.1 Å². The summed E-state index contributed by atoms with van der Waals surface area (Å²) < 4.78 is 1.83. The molecule has 25 heavy (non-hydrogen) atoms. The van der Waals surface area contributed by atoms with Crippen LogP contribution in [0.2, 0.25) is 0 Å².